The molecule has 0 aromatic carbocycles. The lowest BCUT2D eigenvalue weighted by Gasteiger charge is -2.34. The summed E-state index contributed by atoms with van der Waals surface area (Å²) in [7, 11) is 0. The van der Waals surface area contributed by atoms with E-state index in [0.29, 0.717) is 0 Å². The third kappa shape index (κ3) is 33.2. The van der Waals surface area contributed by atoms with Crippen LogP contribution in [0, 0.1) is 0 Å². The van der Waals surface area contributed by atoms with Gasteiger partial charge in [-0.15, -0.1) is 0 Å². The van der Waals surface area contributed by atoms with Gasteiger partial charge in [0, 0.05) is 52.4 Å². The Kier molecular flexibility index (Phi) is 38.8. The summed E-state index contributed by atoms with van der Waals surface area (Å²) in [6, 6.07) is 0. The quantitative estimate of drug-likeness (QED) is 0.0595. The Balaban J connectivity index is 2.76. The first-order valence-electron chi connectivity index (χ1n) is 24.6. The third-order valence-electron chi connectivity index (χ3n) is 12.2. The van der Waals surface area contributed by atoms with Crippen molar-refractivity contribution in [3.63, 3.8) is 0 Å². The smallest absolute Gasteiger partial charge is 0.0110 e. The maximum atomic E-state index is 2.89. The summed E-state index contributed by atoms with van der Waals surface area (Å²) >= 11 is 0. The highest BCUT2D eigenvalue weighted by molar-refractivity contribution is 4.73. The minimum absolute atomic E-state index is 1.27. The molecule has 0 amide bonds. The van der Waals surface area contributed by atoms with Gasteiger partial charge in [0.1, 0.15) is 0 Å². The first-order chi connectivity index (χ1) is 25.7. The maximum Gasteiger partial charge on any atom is 0.0110 e. The molecule has 1 rings (SSSR count). The molecule has 1 aliphatic heterocycles. The monoisotopic (exact) mass is 733 g/mol. The molecule has 1 aliphatic rings. The first kappa shape index (κ1) is 49.9. The fraction of sp³-hybridized carbons (Fsp3) is 1.00. The van der Waals surface area contributed by atoms with Gasteiger partial charge in [-0.25, -0.2) is 0 Å². The number of hydrogen-bond acceptors (Lipinski definition) is 4. The molecule has 0 aromatic rings. The average Bonchev–Trinajstić information content (AvgIpc) is 3.15. The molecule has 52 heavy (non-hydrogen) atoms. The summed E-state index contributed by atoms with van der Waals surface area (Å²) < 4.78 is 0. The number of rotatable bonds is 36. The van der Waals surface area contributed by atoms with E-state index < -0.39 is 0 Å². The minimum Gasteiger partial charge on any atom is -0.301 e. The molecule has 0 N–H and O–H groups in total. The molecule has 0 radical (unpaired) electrons. The van der Waals surface area contributed by atoms with Crippen LogP contribution in [-0.2, 0) is 0 Å². The van der Waals surface area contributed by atoms with Crippen LogP contribution >= 0.6 is 0 Å². The van der Waals surface area contributed by atoms with Crippen LogP contribution < -0.4 is 0 Å². The zero-order valence-corrected chi connectivity index (χ0v) is 36.9. The van der Waals surface area contributed by atoms with Crippen molar-refractivity contribution in [1.29, 1.82) is 0 Å². The fourth-order valence-electron chi connectivity index (χ4n) is 8.35. The summed E-state index contributed by atoms with van der Waals surface area (Å²) in [5.74, 6) is 0. The Morgan fingerprint density at radius 2 is 0.327 bits per heavy atom. The van der Waals surface area contributed by atoms with Gasteiger partial charge in [-0.1, -0.05) is 207 Å². The van der Waals surface area contributed by atoms with Gasteiger partial charge >= 0.3 is 0 Å². The van der Waals surface area contributed by atoms with Crippen molar-refractivity contribution in [3.8, 4) is 0 Å². The molecular formula is C48H100N4. The third-order valence-corrected chi connectivity index (χ3v) is 12.2. The van der Waals surface area contributed by atoms with E-state index in [1.165, 1.54) is 284 Å². The van der Waals surface area contributed by atoms with E-state index in [-0.39, 0.29) is 0 Å². The maximum absolute atomic E-state index is 2.89. The molecule has 4 nitrogen and oxygen atoms in total. The van der Waals surface area contributed by atoms with Gasteiger partial charge in [-0.05, 0) is 51.9 Å². The predicted octanol–water partition coefficient (Wildman–Crippen LogP) is 13.8. The molecule has 0 aromatic heterocycles. The van der Waals surface area contributed by atoms with Gasteiger partial charge in [0.05, 0.1) is 0 Å². The Bertz CT molecular complexity index is 543. The summed E-state index contributed by atoms with van der Waals surface area (Å²) in [6.45, 7) is 24.8. The van der Waals surface area contributed by atoms with E-state index in [0.717, 1.165) is 0 Å². The Hall–Kier alpha value is -0.160. The highest BCUT2D eigenvalue weighted by Gasteiger charge is 2.17. The van der Waals surface area contributed by atoms with Gasteiger partial charge in [-0.3, -0.25) is 0 Å². The highest BCUT2D eigenvalue weighted by Crippen LogP contribution is 2.14. The first-order valence-corrected chi connectivity index (χ1v) is 24.6. The van der Waals surface area contributed by atoms with Crippen molar-refractivity contribution >= 4 is 0 Å². The van der Waals surface area contributed by atoms with Gasteiger partial charge in [0.25, 0.3) is 0 Å². The number of unbranched alkanes of at least 4 members (excludes halogenated alkanes) is 28. The lowest BCUT2D eigenvalue weighted by Crippen LogP contribution is -2.46. The van der Waals surface area contributed by atoms with Crippen molar-refractivity contribution < 1.29 is 0 Å². The van der Waals surface area contributed by atoms with Gasteiger partial charge in [0.2, 0.25) is 0 Å². The molecule has 1 saturated heterocycles. The lowest BCUT2D eigenvalue weighted by molar-refractivity contribution is 0.129. The molecular weight excluding hydrogens is 633 g/mol. The van der Waals surface area contributed by atoms with Crippen molar-refractivity contribution in [3.05, 3.63) is 0 Å². The second-order valence-corrected chi connectivity index (χ2v) is 17.3. The second-order valence-electron chi connectivity index (χ2n) is 17.3. The molecule has 0 saturated carbocycles. The van der Waals surface area contributed by atoms with Crippen LogP contribution in [0.1, 0.15) is 233 Å². The highest BCUT2D eigenvalue weighted by atomic mass is 15.3. The summed E-state index contributed by atoms with van der Waals surface area (Å²) in [4.78, 5) is 11.5. The van der Waals surface area contributed by atoms with Crippen LogP contribution in [-0.4, -0.2) is 98.1 Å². The Morgan fingerprint density at radius 1 is 0.192 bits per heavy atom. The molecule has 1 heterocycles. The molecule has 0 unspecified atom stereocenters. The Morgan fingerprint density at radius 3 is 0.481 bits per heavy atom. The predicted molar refractivity (Wildman–Crippen MR) is 236 cm³/mol. The molecule has 0 aliphatic carbocycles. The van der Waals surface area contributed by atoms with E-state index in [9.17, 15) is 0 Å². The van der Waals surface area contributed by atoms with Crippen molar-refractivity contribution in [2.75, 3.05) is 78.5 Å². The topological polar surface area (TPSA) is 13.0 Å². The number of nitrogens with zero attached hydrogens (tertiary/aromatic N) is 4. The minimum atomic E-state index is 1.27. The summed E-state index contributed by atoms with van der Waals surface area (Å²) in [5, 5.41) is 0. The van der Waals surface area contributed by atoms with Crippen LogP contribution in [0.5, 0.6) is 0 Å². The van der Waals surface area contributed by atoms with Crippen molar-refractivity contribution in [2.45, 2.75) is 233 Å². The SMILES string of the molecule is CCCCCCCCCCN1CCN(CCCCCCCCCC)CCN(CCCCCCCCCC)CCN(CCCCCCCCCC)CC1. The average molecular weight is 733 g/mol. The van der Waals surface area contributed by atoms with Crippen LogP contribution in [0.2, 0.25) is 0 Å². The van der Waals surface area contributed by atoms with E-state index in [2.05, 4.69) is 47.3 Å². The van der Waals surface area contributed by atoms with Crippen LogP contribution in [0.3, 0.4) is 0 Å². The van der Waals surface area contributed by atoms with Crippen LogP contribution in [0.4, 0.5) is 0 Å². The van der Waals surface area contributed by atoms with Gasteiger partial charge in [0.15, 0.2) is 0 Å². The van der Waals surface area contributed by atoms with E-state index in [4.69, 9.17) is 0 Å². The normalized spacial score (nSPS) is 16.4. The summed E-state index contributed by atoms with van der Waals surface area (Å²) in [5.41, 5.74) is 0. The van der Waals surface area contributed by atoms with Crippen molar-refractivity contribution in [2.24, 2.45) is 0 Å². The molecule has 0 bridgehead atoms. The second kappa shape index (κ2) is 40.5. The van der Waals surface area contributed by atoms with Crippen molar-refractivity contribution in [1.82, 2.24) is 19.6 Å². The van der Waals surface area contributed by atoms with E-state index in [1.54, 1.807) is 0 Å². The molecule has 0 spiro atoms. The molecule has 4 heteroatoms. The van der Waals surface area contributed by atoms with Crippen LogP contribution in [0.15, 0.2) is 0 Å². The van der Waals surface area contributed by atoms with Crippen LogP contribution in [0.25, 0.3) is 0 Å². The fourth-order valence-corrected chi connectivity index (χ4v) is 8.35. The van der Waals surface area contributed by atoms with E-state index >= 15 is 0 Å². The standard InChI is InChI=1S/C48H100N4/c1-5-9-13-17-21-25-29-33-37-49-41-43-50(38-34-30-26-22-18-14-10-6-2)45-47-52(40-36-32-28-24-20-16-12-8-4)48-46-51(44-42-49)39-35-31-27-23-19-15-11-7-3/h5-48H2,1-4H3. The number of hydrogen-bond donors (Lipinski definition) is 0. The zero-order valence-electron chi connectivity index (χ0n) is 36.9. The van der Waals surface area contributed by atoms with Gasteiger partial charge in [-0.2, -0.15) is 0 Å². The van der Waals surface area contributed by atoms with Gasteiger partial charge < -0.3 is 19.6 Å². The molecule has 0 atom stereocenters. The lowest BCUT2D eigenvalue weighted by atomic mass is 10.1. The zero-order chi connectivity index (χ0) is 37.4. The summed E-state index contributed by atoms with van der Waals surface area (Å²) in [6.07, 6.45) is 45.7. The Labute approximate surface area is 330 Å². The largest absolute Gasteiger partial charge is 0.301 e. The van der Waals surface area contributed by atoms with E-state index in [1.807, 2.05) is 0 Å². The molecule has 312 valence electrons. The molecule has 1 fully saturated rings.